The summed E-state index contributed by atoms with van der Waals surface area (Å²) in [6.07, 6.45) is 0. The number of rotatable bonds is 3. The maximum absolute atomic E-state index is 6.20. The van der Waals surface area contributed by atoms with Crippen LogP contribution in [0.3, 0.4) is 0 Å². The third kappa shape index (κ3) is 2.43. The molecule has 0 saturated carbocycles. The molecule has 3 aromatic rings. The molecule has 2 N–H and O–H groups in total. The van der Waals surface area contributed by atoms with Gasteiger partial charge in [0.05, 0.1) is 0 Å². The summed E-state index contributed by atoms with van der Waals surface area (Å²) in [6.45, 7) is 0. The molecule has 0 heterocycles. The summed E-state index contributed by atoms with van der Waals surface area (Å²) in [5, 5.41) is 0. The van der Waals surface area contributed by atoms with Crippen molar-refractivity contribution >= 4 is 5.69 Å². The highest BCUT2D eigenvalue weighted by molar-refractivity contribution is 5.55. The van der Waals surface area contributed by atoms with Crippen LogP contribution < -0.4 is 5.73 Å². The van der Waals surface area contributed by atoms with Gasteiger partial charge in [0, 0.05) is 11.6 Å². The van der Waals surface area contributed by atoms with Crippen LogP contribution in [0.25, 0.3) is 0 Å². The van der Waals surface area contributed by atoms with Crippen molar-refractivity contribution in [3.8, 4) is 0 Å². The monoisotopic (exact) mass is 259 g/mol. The van der Waals surface area contributed by atoms with Crippen molar-refractivity contribution in [2.75, 3.05) is 5.73 Å². The Morgan fingerprint density at radius 2 is 1.00 bits per heavy atom. The van der Waals surface area contributed by atoms with E-state index in [9.17, 15) is 0 Å². The molecule has 20 heavy (non-hydrogen) atoms. The van der Waals surface area contributed by atoms with E-state index in [1.807, 2.05) is 30.3 Å². The molecule has 0 saturated heterocycles. The maximum Gasteiger partial charge on any atom is 0.0360 e. The summed E-state index contributed by atoms with van der Waals surface area (Å²) in [5.74, 6) is 0.179. The lowest BCUT2D eigenvalue weighted by molar-refractivity contribution is 0.981. The van der Waals surface area contributed by atoms with Crippen molar-refractivity contribution in [1.82, 2.24) is 0 Å². The number of nitrogens with two attached hydrogens (primary N) is 1. The Labute approximate surface area is 119 Å². The smallest absolute Gasteiger partial charge is 0.0360 e. The molecular formula is C19H17N. The molecule has 0 amide bonds. The highest BCUT2D eigenvalue weighted by atomic mass is 14.6. The van der Waals surface area contributed by atoms with Gasteiger partial charge in [0.25, 0.3) is 0 Å². The van der Waals surface area contributed by atoms with E-state index in [0.717, 1.165) is 11.3 Å². The Morgan fingerprint density at radius 1 is 0.550 bits per heavy atom. The Hall–Kier alpha value is -2.54. The van der Waals surface area contributed by atoms with Gasteiger partial charge in [-0.3, -0.25) is 0 Å². The molecule has 0 radical (unpaired) electrons. The van der Waals surface area contributed by atoms with E-state index in [4.69, 9.17) is 5.73 Å². The molecule has 0 aliphatic rings. The molecule has 3 rings (SSSR count). The van der Waals surface area contributed by atoms with Gasteiger partial charge >= 0.3 is 0 Å². The molecule has 1 nitrogen and oxygen atoms in total. The Bertz CT molecular complexity index is 635. The molecule has 0 aliphatic carbocycles. The molecule has 0 aromatic heterocycles. The molecule has 0 aliphatic heterocycles. The average Bonchev–Trinajstić information content (AvgIpc) is 2.52. The van der Waals surface area contributed by atoms with Crippen LogP contribution in [0.15, 0.2) is 84.9 Å². The predicted octanol–water partition coefficient (Wildman–Crippen LogP) is 4.45. The molecule has 98 valence electrons. The van der Waals surface area contributed by atoms with Crippen molar-refractivity contribution in [2.24, 2.45) is 0 Å². The Balaban J connectivity index is 2.17. The summed E-state index contributed by atoms with van der Waals surface area (Å²) in [6, 6.07) is 29.1. The first kappa shape index (κ1) is 12.5. The first-order valence-corrected chi connectivity index (χ1v) is 6.80. The SMILES string of the molecule is Nc1ccccc1C(c1ccccc1)c1ccccc1. The highest BCUT2D eigenvalue weighted by Crippen LogP contribution is 2.34. The second-order valence-corrected chi connectivity index (χ2v) is 4.88. The highest BCUT2D eigenvalue weighted by Gasteiger charge is 2.17. The Morgan fingerprint density at radius 3 is 1.50 bits per heavy atom. The van der Waals surface area contributed by atoms with Gasteiger partial charge in [0.1, 0.15) is 0 Å². The first-order valence-electron chi connectivity index (χ1n) is 6.80. The van der Waals surface area contributed by atoms with Crippen LogP contribution in [0.2, 0.25) is 0 Å². The lowest BCUT2D eigenvalue weighted by atomic mass is 9.84. The van der Waals surface area contributed by atoms with E-state index < -0.39 is 0 Å². The number of anilines is 1. The number of benzene rings is 3. The molecule has 0 fully saturated rings. The van der Waals surface area contributed by atoms with Gasteiger partial charge < -0.3 is 5.73 Å². The summed E-state index contributed by atoms with van der Waals surface area (Å²) in [5.41, 5.74) is 10.7. The summed E-state index contributed by atoms with van der Waals surface area (Å²) >= 11 is 0. The lowest BCUT2D eigenvalue weighted by Gasteiger charge is -2.20. The van der Waals surface area contributed by atoms with E-state index in [-0.39, 0.29) is 5.92 Å². The van der Waals surface area contributed by atoms with Crippen molar-refractivity contribution in [3.05, 3.63) is 102 Å². The number of hydrogen-bond acceptors (Lipinski definition) is 1. The van der Waals surface area contributed by atoms with Gasteiger partial charge in [-0.05, 0) is 22.8 Å². The molecule has 3 aromatic carbocycles. The largest absolute Gasteiger partial charge is 0.398 e. The van der Waals surface area contributed by atoms with Crippen LogP contribution in [-0.4, -0.2) is 0 Å². The normalized spacial score (nSPS) is 10.7. The first-order chi connectivity index (χ1) is 9.86. The third-order valence-electron chi connectivity index (χ3n) is 3.57. The van der Waals surface area contributed by atoms with Crippen molar-refractivity contribution in [1.29, 1.82) is 0 Å². The topological polar surface area (TPSA) is 26.0 Å². The van der Waals surface area contributed by atoms with Gasteiger partial charge in [0.2, 0.25) is 0 Å². The van der Waals surface area contributed by atoms with Crippen LogP contribution in [0.1, 0.15) is 22.6 Å². The van der Waals surface area contributed by atoms with Crippen LogP contribution in [-0.2, 0) is 0 Å². The van der Waals surface area contributed by atoms with E-state index in [1.54, 1.807) is 0 Å². The number of para-hydroxylation sites is 1. The zero-order valence-corrected chi connectivity index (χ0v) is 11.2. The minimum absolute atomic E-state index is 0.179. The average molecular weight is 259 g/mol. The van der Waals surface area contributed by atoms with Crippen LogP contribution in [0.4, 0.5) is 5.69 Å². The summed E-state index contributed by atoms with van der Waals surface area (Å²) in [7, 11) is 0. The van der Waals surface area contributed by atoms with Gasteiger partial charge in [0.15, 0.2) is 0 Å². The maximum atomic E-state index is 6.20. The lowest BCUT2D eigenvalue weighted by Crippen LogP contribution is -2.06. The number of nitrogen functional groups attached to an aromatic ring is 1. The Kier molecular flexibility index (Phi) is 3.51. The fraction of sp³-hybridized carbons (Fsp3) is 0.0526. The fourth-order valence-corrected chi connectivity index (χ4v) is 2.62. The summed E-state index contributed by atoms with van der Waals surface area (Å²) < 4.78 is 0. The van der Waals surface area contributed by atoms with E-state index >= 15 is 0 Å². The van der Waals surface area contributed by atoms with Gasteiger partial charge in [-0.25, -0.2) is 0 Å². The van der Waals surface area contributed by atoms with Crippen LogP contribution in [0, 0.1) is 0 Å². The minimum atomic E-state index is 0.179. The molecular weight excluding hydrogens is 242 g/mol. The fourth-order valence-electron chi connectivity index (χ4n) is 2.62. The van der Waals surface area contributed by atoms with Crippen molar-refractivity contribution in [2.45, 2.75) is 5.92 Å². The minimum Gasteiger partial charge on any atom is -0.398 e. The molecule has 0 unspecified atom stereocenters. The molecule has 0 bridgehead atoms. The molecule has 0 atom stereocenters. The second-order valence-electron chi connectivity index (χ2n) is 4.88. The molecule has 0 spiro atoms. The van der Waals surface area contributed by atoms with E-state index in [1.165, 1.54) is 11.1 Å². The third-order valence-corrected chi connectivity index (χ3v) is 3.57. The predicted molar refractivity (Wildman–Crippen MR) is 84.7 cm³/mol. The van der Waals surface area contributed by atoms with Crippen LogP contribution >= 0.6 is 0 Å². The summed E-state index contributed by atoms with van der Waals surface area (Å²) in [4.78, 5) is 0. The zero-order chi connectivity index (χ0) is 13.8. The zero-order valence-electron chi connectivity index (χ0n) is 11.2. The van der Waals surface area contributed by atoms with E-state index in [2.05, 4.69) is 54.6 Å². The second kappa shape index (κ2) is 5.62. The van der Waals surface area contributed by atoms with Crippen molar-refractivity contribution in [3.63, 3.8) is 0 Å². The van der Waals surface area contributed by atoms with Crippen LogP contribution in [0.5, 0.6) is 0 Å². The number of hydrogen-bond donors (Lipinski definition) is 1. The van der Waals surface area contributed by atoms with Gasteiger partial charge in [-0.15, -0.1) is 0 Å². The quantitative estimate of drug-likeness (QED) is 0.546. The standard InChI is InChI=1S/C19H17N/c20-18-14-8-7-13-17(18)19(15-9-3-1-4-10-15)16-11-5-2-6-12-16/h1-14,19H,20H2. The van der Waals surface area contributed by atoms with E-state index in [0.29, 0.717) is 0 Å². The van der Waals surface area contributed by atoms with Gasteiger partial charge in [-0.1, -0.05) is 78.9 Å². The van der Waals surface area contributed by atoms with Gasteiger partial charge in [-0.2, -0.15) is 0 Å². The van der Waals surface area contributed by atoms with Crippen molar-refractivity contribution < 1.29 is 0 Å². The molecule has 1 heteroatoms.